The molecular weight excluding hydrogens is 240 g/mol. The van der Waals surface area contributed by atoms with Crippen LogP contribution < -0.4 is 0 Å². The molecule has 3 fully saturated rings. The largest absolute Gasteiger partial charge is 0.376 e. The summed E-state index contributed by atoms with van der Waals surface area (Å²) in [5, 5.41) is 0. The van der Waals surface area contributed by atoms with E-state index in [0.717, 1.165) is 18.4 Å². The van der Waals surface area contributed by atoms with Crippen molar-refractivity contribution in [3.8, 4) is 0 Å². The average Bonchev–Trinajstić information content (AvgIpc) is 2.39. The van der Waals surface area contributed by atoms with E-state index in [1.165, 1.54) is 0 Å². The van der Waals surface area contributed by atoms with Crippen LogP contribution >= 0.6 is 0 Å². The number of carbonyl (C=O) groups is 2. The molecule has 0 aliphatic heterocycles. The molecule has 1 aromatic carbocycles. The molecule has 4 rings (SSSR count). The average molecular weight is 258 g/mol. The van der Waals surface area contributed by atoms with Crippen molar-refractivity contribution in [2.45, 2.75) is 32.3 Å². The number of hydrogen-bond donors (Lipinski definition) is 0. The van der Waals surface area contributed by atoms with Crippen LogP contribution in [0.3, 0.4) is 0 Å². The fourth-order valence-electron chi connectivity index (χ4n) is 3.31. The highest BCUT2D eigenvalue weighted by Gasteiger charge is 2.49. The predicted octanol–water partition coefficient (Wildman–Crippen LogP) is 2.53. The van der Waals surface area contributed by atoms with Gasteiger partial charge < -0.3 is 4.74 Å². The Kier molecular flexibility index (Phi) is 3.23. The molecule has 3 aliphatic carbocycles. The van der Waals surface area contributed by atoms with Crippen molar-refractivity contribution in [1.82, 2.24) is 0 Å². The first kappa shape index (κ1) is 12.5. The zero-order valence-corrected chi connectivity index (χ0v) is 10.9. The van der Waals surface area contributed by atoms with Gasteiger partial charge in [0.05, 0.1) is 19.1 Å². The third-order valence-electron chi connectivity index (χ3n) is 4.36. The number of fused-ring (bicyclic) bond motifs is 3. The number of Topliss-reactive ketones (excluding diaryl/α,β-unsaturated/α-hetero) is 2. The molecule has 1 aromatic rings. The molecule has 0 unspecified atom stereocenters. The maximum Gasteiger partial charge on any atom is 0.143 e. The molecule has 0 spiro atoms. The van der Waals surface area contributed by atoms with Gasteiger partial charge in [0, 0.05) is 18.3 Å². The summed E-state index contributed by atoms with van der Waals surface area (Å²) in [7, 11) is 0. The Hall–Kier alpha value is -1.48. The minimum atomic E-state index is -0.295. The summed E-state index contributed by atoms with van der Waals surface area (Å²) < 4.78 is 5.77. The third-order valence-corrected chi connectivity index (χ3v) is 4.36. The van der Waals surface area contributed by atoms with Gasteiger partial charge in [0.25, 0.3) is 0 Å². The molecule has 100 valence electrons. The predicted molar refractivity (Wildman–Crippen MR) is 70.5 cm³/mol. The zero-order chi connectivity index (χ0) is 13.3. The van der Waals surface area contributed by atoms with Crippen LogP contribution in [-0.2, 0) is 20.9 Å². The van der Waals surface area contributed by atoms with Crippen LogP contribution in [0, 0.1) is 11.3 Å². The van der Waals surface area contributed by atoms with Crippen molar-refractivity contribution in [2.24, 2.45) is 11.3 Å². The summed E-state index contributed by atoms with van der Waals surface area (Å²) in [5.74, 6) is -0.0346. The van der Waals surface area contributed by atoms with Crippen LogP contribution in [0.15, 0.2) is 30.3 Å². The Morgan fingerprint density at radius 3 is 2.42 bits per heavy atom. The molecule has 3 saturated carbocycles. The number of ketones is 2. The minimum Gasteiger partial charge on any atom is -0.376 e. The van der Waals surface area contributed by atoms with E-state index in [0.29, 0.717) is 26.1 Å². The smallest absolute Gasteiger partial charge is 0.143 e. The molecule has 2 bridgehead atoms. The van der Waals surface area contributed by atoms with E-state index in [2.05, 4.69) is 0 Å². The van der Waals surface area contributed by atoms with Crippen molar-refractivity contribution in [1.29, 1.82) is 0 Å². The van der Waals surface area contributed by atoms with Gasteiger partial charge in [-0.25, -0.2) is 0 Å². The highest BCUT2D eigenvalue weighted by Crippen LogP contribution is 2.46. The molecule has 3 heteroatoms. The van der Waals surface area contributed by atoms with Gasteiger partial charge in [-0.15, -0.1) is 0 Å². The van der Waals surface area contributed by atoms with Crippen molar-refractivity contribution < 1.29 is 14.3 Å². The van der Waals surface area contributed by atoms with Crippen molar-refractivity contribution in [2.75, 3.05) is 6.61 Å². The number of rotatable bonds is 4. The van der Waals surface area contributed by atoms with Crippen LogP contribution in [0.2, 0.25) is 0 Å². The van der Waals surface area contributed by atoms with Gasteiger partial charge in [-0.3, -0.25) is 9.59 Å². The standard InChI is InChI=1S/C16H18O3/c17-14-8-16(7-6-13(14)15(18)9-16)11-19-10-12-4-2-1-3-5-12/h1-5,13H,6-11H2. The van der Waals surface area contributed by atoms with E-state index >= 15 is 0 Å². The summed E-state index contributed by atoms with van der Waals surface area (Å²) >= 11 is 0. The lowest BCUT2D eigenvalue weighted by atomic mass is 9.60. The van der Waals surface area contributed by atoms with Gasteiger partial charge in [-0.1, -0.05) is 30.3 Å². The quantitative estimate of drug-likeness (QED) is 0.779. The zero-order valence-electron chi connectivity index (χ0n) is 10.9. The Bertz CT molecular complexity index is 474. The second-order valence-electron chi connectivity index (χ2n) is 5.86. The molecule has 3 aliphatic rings. The van der Waals surface area contributed by atoms with Gasteiger partial charge in [-0.05, 0) is 18.4 Å². The van der Waals surface area contributed by atoms with Gasteiger partial charge in [0.1, 0.15) is 11.6 Å². The van der Waals surface area contributed by atoms with E-state index < -0.39 is 0 Å². The molecule has 3 nitrogen and oxygen atoms in total. The first-order valence-corrected chi connectivity index (χ1v) is 6.86. The van der Waals surface area contributed by atoms with E-state index in [4.69, 9.17) is 4.74 Å². The lowest BCUT2D eigenvalue weighted by Gasteiger charge is -2.44. The molecule has 0 saturated heterocycles. The fraction of sp³-hybridized carbons (Fsp3) is 0.500. The summed E-state index contributed by atoms with van der Waals surface area (Å²) in [6.07, 6.45) is 2.73. The topological polar surface area (TPSA) is 43.4 Å². The first-order valence-electron chi connectivity index (χ1n) is 6.86. The molecule has 0 amide bonds. The summed E-state index contributed by atoms with van der Waals surface area (Å²) in [6.45, 7) is 1.07. The lowest BCUT2D eigenvalue weighted by Crippen LogP contribution is -2.48. The van der Waals surface area contributed by atoms with Crippen molar-refractivity contribution in [3.05, 3.63) is 35.9 Å². The van der Waals surface area contributed by atoms with Gasteiger partial charge >= 0.3 is 0 Å². The molecule has 0 N–H and O–H groups in total. The molecule has 0 aromatic heterocycles. The summed E-state index contributed by atoms with van der Waals surface area (Å²) in [5.41, 5.74) is 0.915. The first-order chi connectivity index (χ1) is 9.19. The Morgan fingerprint density at radius 2 is 1.79 bits per heavy atom. The Balaban J connectivity index is 1.60. The molecule has 0 heterocycles. The number of carbonyl (C=O) groups excluding carboxylic acids is 2. The van der Waals surface area contributed by atoms with Crippen molar-refractivity contribution >= 4 is 11.6 Å². The van der Waals surface area contributed by atoms with Crippen LogP contribution in [0.25, 0.3) is 0 Å². The molecule has 19 heavy (non-hydrogen) atoms. The molecular formula is C16H18O3. The van der Waals surface area contributed by atoms with Gasteiger partial charge in [0.2, 0.25) is 0 Å². The highest BCUT2D eigenvalue weighted by atomic mass is 16.5. The second kappa shape index (κ2) is 4.89. The molecule has 0 radical (unpaired) electrons. The molecule has 0 atom stereocenters. The van der Waals surface area contributed by atoms with Gasteiger partial charge in [0.15, 0.2) is 0 Å². The third kappa shape index (κ3) is 2.47. The normalized spacial score (nSPS) is 29.8. The van der Waals surface area contributed by atoms with Crippen LogP contribution in [0.5, 0.6) is 0 Å². The number of ether oxygens (including phenoxy) is 1. The minimum absolute atomic E-state index is 0.130. The van der Waals surface area contributed by atoms with E-state index in [9.17, 15) is 9.59 Å². The highest BCUT2D eigenvalue weighted by molar-refractivity contribution is 6.06. The van der Waals surface area contributed by atoms with Crippen LogP contribution in [0.4, 0.5) is 0 Å². The van der Waals surface area contributed by atoms with Crippen LogP contribution in [-0.4, -0.2) is 18.2 Å². The summed E-state index contributed by atoms with van der Waals surface area (Å²) in [4.78, 5) is 23.7. The van der Waals surface area contributed by atoms with E-state index in [1.54, 1.807) is 0 Å². The summed E-state index contributed by atoms with van der Waals surface area (Å²) in [6, 6.07) is 9.98. The monoisotopic (exact) mass is 258 g/mol. The second-order valence-corrected chi connectivity index (χ2v) is 5.86. The Morgan fingerprint density at radius 1 is 1.11 bits per heavy atom. The Labute approximate surface area is 113 Å². The number of hydrogen-bond acceptors (Lipinski definition) is 3. The van der Waals surface area contributed by atoms with E-state index in [1.807, 2.05) is 30.3 Å². The maximum atomic E-state index is 11.8. The van der Waals surface area contributed by atoms with Gasteiger partial charge in [-0.2, -0.15) is 0 Å². The van der Waals surface area contributed by atoms with E-state index in [-0.39, 0.29) is 22.9 Å². The van der Waals surface area contributed by atoms with Crippen LogP contribution in [0.1, 0.15) is 31.2 Å². The lowest BCUT2D eigenvalue weighted by molar-refractivity contribution is -0.149. The van der Waals surface area contributed by atoms with Crippen molar-refractivity contribution in [3.63, 3.8) is 0 Å². The number of benzene rings is 1. The maximum absolute atomic E-state index is 11.8. The fourth-order valence-corrected chi connectivity index (χ4v) is 3.31. The SMILES string of the molecule is O=C1CC2(COCc3ccccc3)CCC1C(=O)C2.